The SMILES string of the molecule is Cc1ccnc(-n2c(SCC(=O)Nc3cc(F)ccc3F)nc3ccccc3c2=O)c1. The molecule has 0 fully saturated rings. The Morgan fingerprint density at radius 3 is 2.74 bits per heavy atom. The van der Waals surface area contributed by atoms with Crippen molar-refractivity contribution < 1.29 is 13.6 Å². The standard InChI is InChI=1S/C22H16F2N4O2S/c1-13-8-9-25-19(10-13)28-21(30)15-4-2-3-5-17(15)27-22(28)31-12-20(29)26-18-11-14(23)6-7-16(18)24/h2-11H,12H2,1H3,(H,26,29). The van der Waals surface area contributed by atoms with Crippen LogP contribution in [-0.4, -0.2) is 26.2 Å². The Labute approximate surface area is 180 Å². The molecule has 0 aliphatic carbocycles. The van der Waals surface area contributed by atoms with E-state index in [1.807, 2.05) is 6.92 Å². The third-order valence-electron chi connectivity index (χ3n) is 4.41. The molecule has 4 aromatic rings. The lowest BCUT2D eigenvalue weighted by molar-refractivity contribution is -0.113. The molecule has 1 N–H and O–H groups in total. The summed E-state index contributed by atoms with van der Waals surface area (Å²) in [6.45, 7) is 1.87. The average Bonchev–Trinajstić information content (AvgIpc) is 2.75. The van der Waals surface area contributed by atoms with E-state index in [-0.39, 0.29) is 22.2 Å². The molecule has 1 amide bonds. The summed E-state index contributed by atoms with van der Waals surface area (Å²) in [7, 11) is 0. The van der Waals surface area contributed by atoms with Gasteiger partial charge in [-0.2, -0.15) is 0 Å². The fraction of sp³-hybridized carbons (Fsp3) is 0.0909. The van der Waals surface area contributed by atoms with Crippen LogP contribution in [0.3, 0.4) is 0 Å². The number of carbonyl (C=O) groups excluding carboxylic acids is 1. The number of pyridine rings is 1. The van der Waals surface area contributed by atoms with E-state index in [0.29, 0.717) is 16.7 Å². The van der Waals surface area contributed by atoms with E-state index in [4.69, 9.17) is 0 Å². The first-order chi connectivity index (χ1) is 14.9. The number of hydrogen-bond donors (Lipinski definition) is 1. The van der Waals surface area contributed by atoms with Crippen LogP contribution < -0.4 is 10.9 Å². The first-order valence-corrected chi connectivity index (χ1v) is 10.2. The number of rotatable bonds is 5. The van der Waals surface area contributed by atoms with E-state index < -0.39 is 17.5 Å². The monoisotopic (exact) mass is 438 g/mol. The number of hydrogen-bond acceptors (Lipinski definition) is 5. The molecule has 0 aliphatic heterocycles. The maximum absolute atomic E-state index is 13.8. The van der Waals surface area contributed by atoms with Gasteiger partial charge >= 0.3 is 0 Å². The summed E-state index contributed by atoms with van der Waals surface area (Å²) < 4.78 is 28.5. The molecule has 0 radical (unpaired) electrons. The predicted molar refractivity (Wildman–Crippen MR) is 116 cm³/mol. The van der Waals surface area contributed by atoms with Crippen molar-refractivity contribution in [3.8, 4) is 5.82 Å². The maximum Gasteiger partial charge on any atom is 0.267 e. The minimum Gasteiger partial charge on any atom is -0.323 e. The largest absolute Gasteiger partial charge is 0.323 e. The van der Waals surface area contributed by atoms with E-state index in [0.717, 1.165) is 35.5 Å². The summed E-state index contributed by atoms with van der Waals surface area (Å²) in [6, 6.07) is 13.2. The molecule has 6 nitrogen and oxygen atoms in total. The Morgan fingerprint density at radius 1 is 1.13 bits per heavy atom. The van der Waals surface area contributed by atoms with Crippen LogP contribution in [0.5, 0.6) is 0 Å². The molecule has 156 valence electrons. The van der Waals surface area contributed by atoms with E-state index in [2.05, 4.69) is 15.3 Å². The molecule has 0 spiro atoms. The summed E-state index contributed by atoms with van der Waals surface area (Å²) in [4.78, 5) is 34.3. The number of para-hydroxylation sites is 1. The molecule has 0 atom stereocenters. The Bertz CT molecular complexity index is 1360. The van der Waals surface area contributed by atoms with Crippen molar-refractivity contribution in [2.24, 2.45) is 0 Å². The Hall–Kier alpha value is -3.59. The number of thioether (sulfide) groups is 1. The van der Waals surface area contributed by atoms with Gasteiger partial charge in [-0.1, -0.05) is 23.9 Å². The van der Waals surface area contributed by atoms with E-state index in [1.165, 1.54) is 4.57 Å². The molecule has 0 saturated heterocycles. The molecule has 4 rings (SSSR count). The molecule has 9 heteroatoms. The van der Waals surface area contributed by atoms with Crippen molar-refractivity contribution in [2.75, 3.05) is 11.1 Å². The van der Waals surface area contributed by atoms with Crippen molar-refractivity contribution >= 4 is 34.3 Å². The zero-order chi connectivity index (χ0) is 22.0. The van der Waals surface area contributed by atoms with Gasteiger partial charge in [-0.05, 0) is 48.9 Å². The average molecular weight is 438 g/mol. The van der Waals surface area contributed by atoms with E-state index in [1.54, 1.807) is 42.6 Å². The number of halogens is 2. The summed E-state index contributed by atoms with van der Waals surface area (Å²) in [5, 5.41) is 3.01. The zero-order valence-electron chi connectivity index (χ0n) is 16.3. The molecule has 2 aromatic heterocycles. The molecule has 0 bridgehead atoms. The minimum atomic E-state index is -0.746. The van der Waals surface area contributed by atoms with Gasteiger partial charge in [0, 0.05) is 12.3 Å². The number of amides is 1. The van der Waals surface area contributed by atoms with Crippen LogP contribution in [0, 0.1) is 18.6 Å². The van der Waals surface area contributed by atoms with Gasteiger partial charge in [0.2, 0.25) is 5.91 Å². The summed E-state index contributed by atoms with van der Waals surface area (Å²) in [5.74, 6) is -1.78. The first-order valence-electron chi connectivity index (χ1n) is 9.25. The lowest BCUT2D eigenvalue weighted by Gasteiger charge is -2.13. The van der Waals surface area contributed by atoms with E-state index >= 15 is 0 Å². The van der Waals surface area contributed by atoms with Crippen molar-refractivity contribution in [2.45, 2.75) is 12.1 Å². The van der Waals surface area contributed by atoms with Gasteiger partial charge in [-0.25, -0.2) is 23.3 Å². The van der Waals surface area contributed by atoms with Crippen LogP contribution in [0.2, 0.25) is 0 Å². The predicted octanol–water partition coefficient (Wildman–Crippen LogP) is 4.10. The smallest absolute Gasteiger partial charge is 0.267 e. The van der Waals surface area contributed by atoms with Crippen molar-refractivity contribution in [1.82, 2.24) is 14.5 Å². The highest BCUT2D eigenvalue weighted by Gasteiger charge is 2.16. The van der Waals surface area contributed by atoms with Crippen LogP contribution >= 0.6 is 11.8 Å². The Balaban J connectivity index is 1.68. The number of benzene rings is 2. The third kappa shape index (κ3) is 4.46. The number of fused-ring (bicyclic) bond motifs is 1. The summed E-state index contributed by atoms with van der Waals surface area (Å²) in [5.41, 5.74) is 0.813. The summed E-state index contributed by atoms with van der Waals surface area (Å²) >= 11 is 0.998. The van der Waals surface area contributed by atoms with Gasteiger partial charge < -0.3 is 5.32 Å². The van der Waals surface area contributed by atoms with Crippen molar-refractivity contribution in [3.63, 3.8) is 0 Å². The normalized spacial score (nSPS) is 10.9. The Morgan fingerprint density at radius 2 is 1.94 bits per heavy atom. The molecule has 0 unspecified atom stereocenters. The van der Waals surface area contributed by atoms with Crippen LogP contribution in [0.4, 0.5) is 14.5 Å². The zero-order valence-corrected chi connectivity index (χ0v) is 17.1. The molecule has 2 heterocycles. The number of nitrogens with zero attached hydrogens (tertiary/aromatic N) is 3. The first kappa shape index (κ1) is 20.7. The maximum atomic E-state index is 13.8. The lowest BCUT2D eigenvalue weighted by atomic mass is 10.2. The third-order valence-corrected chi connectivity index (χ3v) is 5.35. The quantitative estimate of drug-likeness (QED) is 0.375. The lowest BCUT2D eigenvalue weighted by Crippen LogP contribution is -2.23. The van der Waals surface area contributed by atoms with Gasteiger partial charge in [0.25, 0.3) is 5.56 Å². The molecular formula is C22H16F2N4O2S. The van der Waals surface area contributed by atoms with Crippen molar-refractivity contribution in [1.29, 1.82) is 0 Å². The van der Waals surface area contributed by atoms with Crippen LogP contribution in [0.1, 0.15) is 5.56 Å². The van der Waals surface area contributed by atoms with Gasteiger partial charge in [-0.15, -0.1) is 0 Å². The molecule has 0 saturated carbocycles. The second kappa shape index (κ2) is 8.65. The molecule has 31 heavy (non-hydrogen) atoms. The van der Waals surface area contributed by atoms with E-state index in [9.17, 15) is 18.4 Å². The highest BCUT2D eigenvalue weighted by molar-refractivity contribution is 7.99. The molecule has 0 aliphatic rings. The van der Waals surface area contributed by atoms with Gasteiger partial charge in [0.15, 0.2) is 5.16 Å². The minimum absolute atomic E-state index is 0.174. The number of aromatic nitrogens is 3. The Kier molecular flexibility index (Phi) is 5.77. The van der Waals surface area contributed by atoms with Crippen LogP contribution in [-0.2, 0) is 4.79 Å². The second-order valence-corrected chi connectivity index (χ2v) is 7.65. The highest BCUT2D eigenvalue weighted by Crippen LogP contribution is 2.22. The van der Waals surface area contributed by atoms with Gasteiger partial charge in [0.05, 0.1) is 22.3 Å². The number of anilines is 1. The number of carbonyl (C=O) groups is 1. The number of aryl methyl sites for hydroxylation is 1. The second-order valence-electron chi connectivity index (χ2n) is 6.70. The van der Waals surface area contributed by atoms with Gasteiger partial charge in [0.1, 0.15) is 17.5 Å². The summed E-state index contributed by atoms with van der Waals surface area (Å²) in [6.07, 6.45) is 1.58. The topological polar surface area (TPSA) is 76.9 Å². The van der Waals surface area contributed by atoms with Gasteiger partial charge in [-0.3, -0.25) is 9.59 Å². The molecule has 2 aromatic carbocycles. The van der Waals surface area contributed by atoms with Crippen molar-refractivity contribution in [3.05, 3.63) is 88.3 Å². The fourth-order valence-corrected chi connectivity index (χ4v) is 3.76. The highest BCUT2D eigenvalue weighted by atomic mass is 32.2. The number of nitrogens with one attached hydrogen (secondary N) is 1. The van der Waals surface area contributed by atoms with Crippen LogP contribution in [0.25, 0.3) is 16.7 Å². The van der Waals surface area contributed by atoms with Crippen LogP contribution in [0.15, 0.2) is 70.7 Å². The fourth-order valence-electron chi connectivity index (χ4n) is 2.96. The molecular weight excluding hydrogens is 422 g/mol.